The number of aromatic nitrogens is 2. The van der Waals surface area contributed by atoms with Crippen LogP contribution < -0.4 is 5.46 Å². The van der Waals surface area contributed by atoms with Gasteiger partial charge in [-0.1, -0.05) is 27.7 Å². The number of aryl methyl sites for hydroxylation is 1. The Balaban J connectivity index is 2.34. The summed E-state index contributed by atoms with van der Waals surface area (Å²) in [6, 6.07) is 0. The standard InChI is InChI=1S/C14H25BN2O2/c1-6-13(7-2)14(8-3,9-4)19-15(18-13)12-10-16-17(5)11-12/h10-11H,6-9H2,1-5H3. The molecule has 5 heteroatoms. The minimum Gasteiger partial charge on any atom is -0.399 e. The average Bonchev–Trinajstić information content (AvgIpc) is 3.00. The van der Waals surface area contributed by atoms with Crippen molar-refractivity contribution < 1.29 is 9.31 Å². The van der Waals surface area contributed by atoms with Crippen molar-refractivity contribution in [3.8, 4) is 0 Å². The first-order valence-corrected chi connectivity index (χ1v) is 7.40. The highest BCUT2D eigenvalue weighted by Crippen LogP contribution is 2.46. The second-order valence-electron chi connectivity index (χ2n) is 5.42. The van der Waals surface area contributed by atoms with Crippen molar-refractivity contribution in [2.75, 3.05) is 0 Å². The zero-order chi connectivity index (χ0) is 14.1. The van der Waals surface area contributed by atoms with Gasteiger partial charge in [-0.3, -0.25) is 4.68 Å². The fourth-order valence-electron chi connectivity index (χ4n) is 3.47. The van der Waals surface area contributed by atoms with E-state index in [2.05, 4.69) is 32.8 Å². The molecular formula is C14H25BN2O2. The van der Waals surface area contributed by atoms with Crippen LogP contribution in [0.5, 0.6) is 0 Å². The zero-order valence-corrected chi connectivity index (χ0v) is 12.8. The number of rotatable bonds is 5. The predicted molar refractivity (Wildman–Crippen MR) is 77.4 cm³/mol. The number of nitrogens with zero attached hydrogens (tertiary/aromatic N) is 2. The lowest BCUT2D eigenvalue weighted by molar-refractivity contribution is -0.0601. The molecule has 1 aliphatic heterocycles. The molecule has 0 aliphatic carbocycles. The van der Waals surface area contributed by atoms with Crippen LogP contribution in [0.25, 0.3) is 0 Å². The van der Waals surface area contributed by atoms with Gasteiger partial charge in [0.05, 0.1) is 11.2 Å². The van der Waals surface area contributed by atoms with Crippen molar-refractivity contribution in [1.82, 2.24) is 9.78 Å². The van der Waals surface area contributed by atoms with Gasteiger partial charge < -0.3 is 9.31 Å². The van der Waals surface area contributed by atoms with Gasteiger partial charge in [0, 0.05) is 24.9 Å². The quantitative estimate of drug-likeness (QED) is 0.765. The van der Waals surface area contributed by atoms with E-state index in [9.17, 15) is 0 Å². The fraction of sp³-hybridized carbons (Fsp3) is 0.786. The van der Waals surface area contributed by atoms with E-state index in [-0.39, 0.29) is 18.3 Å². The molecule has 0 radical (unpaired) electrons. The molecule has 4 nitrogen and oxygen atoms in total. The first-order chi connectivity index (χ1) is 9.06. The third-order valence-corrected chi connectivity index (χ3v) is 4.78. The topological polar surface area (TPSA) is 36.3 Å². The van der Waals surface area contributed by atoms with Gasteiger partial charge in [-0.15, -0.1) is 0 Å². The van der Waals surface area contributed by atoms with Crippen LogP contribution in [0.15, 0.2) is 12.4 Å². The van der Waals surface area contributed by atoms with E-state index >= 15 is 0 Å². The van der Waals surface area contributed by atoms with Gasteiger partial charge in [0.2, 0.25) is 0 Å². The summed E-state index contributed by atoms with van der Waals surface area (Å²) in [6.07, 6.45) is 7.71. The van der Waals surface area contributed by atoms with Crippen molar-refractivity contribution in [3.63, 3.8) is 0 Å². The minimum atomic E-state index is -0.284. The Kier molecular flexibility index (Phi) is 4.07. The molecule has 0 atom stereocenters. The molecule has 19 heavy (non-hydrogen) atoms. The summed E-state index contributed by atoms with van der Waals surface area (Å²) in [5.41, 5.74) is 0.645. The maximum atomic E-state index is 6.37. The zero-order valence-electron chi connectivity index (χ0n) is 12.8. The molecule has 1 aromatic rings. The molecule has 106 valence electrons. The van der Waals surface area contributed by atoms with Crippen molar-refractivity contribution in [2.45, 2.75) is 64.6 Å². The second-order valence-corrected chi connectivity index (χ2v) is 5.42. The monoisotopic (exact) mass is 264 g/mol. The minimum absolute atomic E-state index is 0.184. The Labute approximate surface area is 116 Å². The van der Waals surface area contributed by atoms with Crippen molar-refractivity contribution in [3.05, 3.63) is 12.4 Å². The highest BCUT2D eigenvalue weighted by atomic mass is 16.7. The summed E-state index contributed by atoms with van der Waals surface area (Å²) in [7, 11) is 1.63. The molecule has 1 saturated heterocycles. The van der Waals surface area contributed by atoms with Gasteiger partial charge in [0.1, 0.15) is 0 Å². The van der Waals surface area contributed by atoms with Gasteiger partial charge in [-0.25, -0.2) is 0 Å². The van der Waals surface area contributed by atoms with Crippen LogP contribution in [-0.4, -0.2) is 28.1 Å². The molecule has 0 unspecified atom stereocenters. The maximum Gasteiger partial charge on any atom is 0.498 e. The number of hydrogen-bond acceptors (Lipinski definition) is 3. The predicted octanol–water partition coefficient (Wildman–Crippen LogP) is 2.28. The summed E-state index contributed by atoms with van der Waals surface area (Å²) >= 11 is 0. The van der Waals surface area contributed by atoms with Crippen molar-refractivity contribution >= 4 is 12.6 Å². The van der Waals surface area contributed by atoms with E-state index in [0.29, 0.717) is 0 Å². The first-order valence-electron chi connectivity index (χ1n) is 7.40. The highest BCUT2D eigenvalue weighted by molar-refractivity contribution is 6.62. The van der Waals surface area contributed by atoms with Crippen LogP contribution in [-0.2, 0) is 16.4 Å². The molecule has 2 rings (SSSR count). The normalized spacial score (nSPS) is 21.0. The Morgan fingerprint density at radius 2 is 1.53 bits per heavy atom. The lowest BCUT2D eigenvalue weighted by Gasteiger charge is -2.42. The molecule has 0 amide bonds. The smallest absolute Gasteiger partial charge is 0.399 e. The molecule has 1 fully saturated rings. The Morgan fingerprint density at radius 3 is 1.84 bits per heavy atom. The lowest BCUT2D eigenvalue weighted by Crippen LogP contribution is -2.50. The van der Waals surface area contributed by atoms with E-state index in [1.807, 2.05) is 19.4 Å². The van der Waals surface area contributed by atoms with E-state index in [1.54, 1.807) is 4.68 Å². The van der Waals surface area contributed by atoms with E-state index in [1.165, 1.54) is 0 Å². The summed E-state index contributed by atoms with van der Waals surface area (Å²) < 4.78 is 14.5. The Bertz CT molecular complexity index is 405. The van der Waals surface area contributed by atoms with E-state index in [0.717, 1.165) is 31.1 Å². The third kappa shape index (κ3) is 2.13. The van der Waals surface area contributed by atoms with Crippen molar-refractivity contribution in [1.29, 1.82) is 0 Å². The summed E-state index contributed by atoms with van der Waals surface area (Å²) in [6.45, 7) is 8.77. The van der Waals surface area contributed by atoms with Crippen LogP contribution in [0.3, 0.4) is 0 Å². The fourth-order valence-corrected chi connectivity index (χ4v) is 3.47. The van der Waals surface area contributed by atoms with Crippen LogP contribution in [0.1, 0.15) is 53.4 Å². The highest BCUT2D eigenvalue weighted by Gasteiger charge is 2.58. The molecule has 0 spiro atoms. The SMILES string of the molecule is CCC1(CC)OB(c2cnn(C)c2)OC1(CC)CC. The Morgan fingerprint density at radius 1 is 1.05 bits per heavy atom. The van der Waals surface area contributed by atoms with Crippen LogP contribution >= 0.6 is 0 Å². The van der Waals surface area contributed by atoms with E-state index in [4.69, 9.17) is 9.31 Å². The maximum absolute atomic E-state index is 6.37. The van der Waals surface area contributed by atoms with Gasteiger partial charge in [-0.05, 0) is 25.7 Å². The summed E-state index contributed by atoms with van der Waals surface area (Å²) in [5.74, 6) is 0. The summed E-state index contributed by atoms with van der Waals surface area (Å²) in [4.78, 5) is 0. The van der Waals surface area contributed by atoms with Crippen molar-refractivity contribution in [2.24, 2.45) is 7.05 Å². The lowest BCUT2D eigenvalue weighted by atomic mass is 9.75. The third-order valence-electron chi connectivity index (χ3n) is 4.78. The van der Waals surface area contributed by atoms with Crippen LogP contribution in [0, 0.1) is 0 Å². The molecule has 2 heterocycles. The summed E-state index contributed by atoms with van der Waals surface area (Å²) in [5, 5.41) is 4.22. The molecule has 1 aromatic heterocycles. The van der Waals surface area contributed by atoms with Crippen LogP contribution in [0.4, 0.5) is 0 Å². The second kappa shape index (κ2) is 5.29. The van der Waals surface area contributed by atoms with Gasteiger partial charge in [0.25, 0.3) is 0 Å². The average molecular weight is 264 g/mol. The molecule has 1 aliphatic rings. The molecule has 0 saturated carbocycles. The van der Waals surface area contributed by atoms with E-state index < -0.39 is 0 Å². The van der Waals surface area contributed by atoms with Gasteiger partial charge in [0.15, 0.2) is 0 Å². The molecule has 0 aromatic carbocycles. The number of hydrogen-bond donors (Lipinski definition) is 0. The molecule has 0 N–H and O–H groups in total. The molecule has 0 bridgehead atoms. The van der Waals surface area contributed by atoms with Crippen LogP contribution in [0.2, 0.25) is 0 Å². The Hall–Kier alpha value is -0.805. The van der Waals surface area contributed by atoms with Gasteiger partial charge >= 0.3 is 7.12 Å². The first kappa shape index (κ1) is 14.6. The molecular weight excluding hydrogens is 239 g/mol. The largest absolute Gasteiger partial charge is 0.498 e. The van der Waals surface area contributed by atoms with Gasteiger partial charge in [-0.2, -0.15) is 5.10 Å².